The van der Waals surface area contributed by atoms with Crippen LogP contribution in [-0.4, -0.2) is 30.6 Å². The van der Waals surface area contributed by atoms with Crippen LogP contribution < -0.4 is 5.32 Å². The SMILES string of the molecule is O=C(Nc1ccc(-n2cncn2)cn1)C1C2CCC1(c1ccncc1)C2. The van der Waals surface area contributed by atoms with Gasteiger partial charge in [0, 0.05) is 17.8 Å². The molecule has 2 bridgehead atoms. The van der Waals surface area contributed by atoms with E-state index in [9.17, 15) is 4.79 Å². The van der Waals surface area contributed by atoms with Crippen LogP contribution in [0.5, 0.6) is 0 Å². The molecule has 0 radical (unpaired) electrons. The lowest BCUT2D eigenvalue weighted by molar-refractivity contribution is -0.127. The molecule has 3 saturated carbocycles. The predicted octanol–water partition coefficient (Wildman–Crippen LogP) is 2.36. The second-order valence-corrected chi connectivity index (χ2v) is 7.10. The predicted molar refractivity (Wildman–Crippen MR) is 94.5 cm³/mol. The van der Waals surface area contributed by atoms with E-state index in [4.69, 9.17) is 0 Å². The second-order valence-electron chi connectivity index (χ2n) is 7.10. The number of pyridine rings is 2. The lowest BCUT2D eigenvalue weighted by atomic mass is 9.57. The fourth-order valence-corrected chi connectivity index (χ4v) is 4.70. The first-order valence-electron chi connectivity index (χ1n) is 8.79. The van der Waals surface area contributed by atoms with Gasteiger partial charge in [-0.2, -0.15) is 5.10 Å². The molecule has 6 rings (SSSR count). The Bertz CT molecular complexity index is 920. The van der Waals surface area contributed by atoms with Gasteiger partial charge >= 0.3 is 0 Å². The molecule has 1 N–H and O–H groups in total. The largest absolute Gasteiger partial charge is 0.310 e. The summed E-state index contributed by atoms with van der Waals surface area (Å²) < 4.78 is 1.63. The third-order valence-corrected chi connectivity index (χ3v) is 5.87. The molecule has 3 aliphatic carbocycles. The van der Waals surface area contributed by atoms with E-state index >= 15 is 0 Å². The van der Waals surface area contributed by atoms with Crippen molar-refractivity contribution in [2.24, 2.45) is 11.8 Å². The standard InChI is InChI=1S/C19H18N6O/c26-18(24-16-2-1-15(10-22-16)25-12-21-11-23-25)17-13-3-6-19(17,9-13)14-4-7-20-8-5-14/h1-2,4-5,7-8,10-13,17H,3,6,9H2,(H,22,24,26). The third-order valence-electron chi connectivity index (χ3n) is 5.87. The molecular weight excluding hydrogens is 328 g/mol. The van der Waals surface area contributed by atoms with Crippen LogP contribution in [-0.2, 0) is 10.2 Å². The van der Waals surface area contributed by atoms with E-state index < -0.39 is 0 Å². The van der Waals surface area contributed by atoms with Crippen molar-refractivity contribution in [3.8, 4) is 5.69 Å². The maximum Gasteiger partial charge on any atom is 0.229 e. The highest BCUT2D eigenvalue weighted by Crippen LogP contribution is 2.64. The molecule has 0 saturated heterocycles. The highest BCUT2D eigenvalue weighted by molar-refractivity contribution is 5.94. The monoisotopic (exact) mass is 346 g/mol. The summed E-state index contributed by atoms with van der Waals surface area (Å²) in [5, 5.41) is 7.07. The number of fused-ring (bicyclic) bond motifs is 1. The van der Waals surface area contributed by atoms with Gasteiger partial charge in [-0.3, -0.25) is 9.78 Å². The number of carbonyl (C=O) groups excluding carboxylic acids is 1. The van der Waals surface area contributed by atoms with Gasteiger partial charge in [0.15, 0.2) is 0 Å². The topological polar surface area (TPSA) is 85.6 Å². The van der Waals surface area contributed by atoms with Crippen LogP contribution in [0.2, 0.25) is 0 Å². The van der Waals surface area contributed by atoms with Crippen molar-refractivity contribution < 1.29 is 4.79 Å². The summed E-state index contributed by atoms with van der Waals surface area (Å²) in [6.07, 6.45) is 11.7. The van der Waals surface area contributed by atoms with Crippen molar-refractivity contribution in [3.05, 3.63) is 61.1 Å². The number of rotatable bonds is 4. The first kappa shape index (κ1) is 15.2. The van der Waals surface area contributed by atoms with Crippen LogP contribution in [0.25, 0.3) is 5.69 Å². The maximum absolute atomic E-state index is 13.0. The second kappa shape index (κ2) is 5.72. The molecule has 7 heteroatoms. The molecule has 3 aromatic rings. The van der Waals surface area contributed by atoms with Crippen LogP contribution in [0.3, 0.4) is 0 Å². The molecule has 3 fully saturated rings. The molecule has 3 heterocycles. The van der Waals surface area contributed by atoms with Crippen molar-refractivity contribution in [2.45, 2.75) is 24.7 Å². The maximum atomic E-state index is 13.0. The molecule has 3 aliphatic rings. The zero-order valence-electron chi connectivity index (χ0n) is 14.1. The van der Waals surface area contributed by atoms with Crippen molar-refractivity contribution in [2.75, 3.05) is 5.32 Å². The molecule has 0 aliphatic heterocycles. The zero-order valence-corrected chi connectivity index (χ0v) is 14.1. The number of aromatic nitrogens is 5. The van der Waals surface area contributed by atoms with Crippen LogP contribution in [0.4, 0.5) is 5.82 Å². The summed E-state index contributed by atoms with van der Waals surface area (Å²) in [5.41, 5.74) is 2.01. The van der Waals surface area contributed by atoms with Crippen LogP contribution in [0, 0.1) is 11.8 Å². The lowest BCUT2D eigenvalue weighted by Crippen LogP contribution is -2.50. The van der Waals surface area contributed by atoms with Crippen molar-refractivity contribution >= 4 is 11.7 Å². The molecule has 3 atom stereocenters. The fourth-order valence-electron chi connectivity index (χ4n) is 4.70. The lowest BCUT2D eigenvalue weighted by Gasteiger charge is -2.46. The Balaban J connectivity index is 1.34. The summed E-state index contributed by atoms with van der Waals surface area (Å²) in [7, 11) is 0. The van der Waals surface area contributed by atoms with Gasteiger partial charge in [0.1, 0.15) is 18.5 Å². The number of nitrogens with one attached hydrogen (secondary N) is 1. The van der Waals surface area contributed by atoms with Gasteiger partial charge in [-0.1, -0.05) is 0 Å². The molecule has 7 nitrogen and oxygen atoms in total. The van der Waals surface area contributed by atoms with Gasteiger partial charge in [-0.15, -0.1) is 0 Å². The molecule has 3 unspecified atom stereocenters. The number of anilines is 1. The minimum absolute atomic E-state index is 0.0155. The van der Waals surface area contributed by atoms with E-state index in [0.717, 1.165) is 24.9 Å². The Hall–Kier alpha value is -3.09. The summed E-state index contributed by atoms with van der Waals surface area (Å²) in [5.74, 6) is 1.12. The zero-order chi connectivity index (χ0) is 17.6. The molecule has 3 aromatic heterocycles. The van der Waals surface area contributed by atoms with E-state index in [1.54, 1.807) is 23.3 Å². The van der Waals surface area contributed by atoms with Crippen LogP contribution >= 0.6 is 0 Å². The Labute approximate surface area is 150 Å². The first-order chi connectivity index (χ1) is 12.8. The Morgan fingerprint density at radius 1 is 1.19 bits per heavy atom. The summed E-state index contributed by atoms with van der Waals surface area (Å²) >= 11 is 0. The molecule has 1 amide bonds. The van der Waals surface area contributed by atoms with E-state index in [0.29, 0.717) is 11.7 Å². The average molecular weight is 346 g/mol. The fraction of sp³-hybridized carbons (Fsp3) is 0.316. The molecule has 0 spiro atoms. The highest BCUT2D eigenvalue weighted by atomic mass is 16.2. The van der Waals surface area contributed by atoms with Gasteiger partial charge in [-0.25, -0.2) is 14.6 Å². The summed E-state index contributed by atoms with van der Waals surface area (Å²) in [6, 6.07) is 7.76. The van der Waals surface area contributed by atoms with E-state index in [2.05, 4.69) is 25.4 Å². The quantitative estimate of drug-likeness (QED) is 0.784. The smallest absolute Gasteiger partial charge is 0.229 e. The van der Waals surface area contributed by atoms with Gasteiger partial charge in [-0.05, 0) is 55.0 Å². The van der Waals surface area contributed by atoms with E-state index in [1.165, 1.54) is 11.9 Å². The Morgan fingerprint density at radius 3 is 2.77 bits per heavy atom. The normalized spacial score (nSPS) is 26.3. The minimum Gasteiger partial charge on any atom is -0.310 e. The van der Waals surface area contributed by atoms with Gasteiger partial charge < -0.3 is 5.32 Å². The Kier molecular flexibility index (Phi) is 3.34. The van der Waals surface area contributed by atoms with Gasteiger partial charge in [0.2, 0.25) is 5.91 Å². The van der Waals surface area contributed by atoms with E-state index in [-0.39, 0.29) is 17.2 Å². The Morgan fingerprint density at radius 2 is 2.08 bits per heavy atom. The number of amides is 1. The van der Waals surface area contributed by atoms with Crippen molar-refractivity contribution in [3.63, 3.8) is 0 Å². The van der Waals surface area contributed by atoms with Crippen molar-refractivity contribution in [1.82, 2.24) is 24.7 Å². The number of nitrogens with zero attached hydrogens (tertiary/aromatic N) is 5. The number of carbonyl (C=O) groups is 1. The number of hydrogen-bond acceptors (Lipinski definition) is 5. The van der Waals surface area contributed by atoms with Crippen LogP contribution in [0.1, 0.15) is 24.8 Å². The average Bonchev–Trinajstić information content (AvgIpc) is 3.40. The summed E-state index contributed by atoms with van der Waals surface area (Å²) in [6.45, 7) is 0. The van der Waals surface area contributed by atoms with Gasteiger partial charge in [0.05, 0.1) is 17.8 Å². The number of hydrogen-bond donors (Lipinski definition) is 1. The molecule has 0 aromatic carbocycles. The minimum atomic E-state index is -0.0294. The van der Waals surface area contributed by atoms with Crippen molar-refractivity contribution in [1.29, 1.82) is 0 Å². The summed E-state index contributed by atoms with van der Waals surface area (Å²) in [4.78, 5) is 25.3. The molecular formula is C19H18N6O. The third kappa shape index (κ3) is 2.23. The molecule has 26 heavy (non-hydrogen) atoms. The van der Waals surface area contributed by atoms with Gasteiger partial charge in [0.25, 0.3) is 0 Å². The van der Waals surface area contributed by atoms with Crippen LogP contribution in [0.15, 0.2) is 55.5 Å². The van der Waals surface area contributed by atoms with E-state index in [1.807, 2.05) is 30.6 Å². The first-order valence-corrected chi connectivity index (χ1v) is 8.79. The highest BCUT2D eigenvalue weighted by Gasteiger charge is 2.62. The molecule has 130 valence electrons.